The predicted molar refractivity (Wildman–Crippen MR) is 84.4 cm³/mol. The van der Waals surface area contributed by atoms with Gasteiger partial charge in [0, 0.05) is 18.6 Å². The summed E-state index contributed by atoms with van der Waals surface area (Å²) in [4.78, 5) is 29.0. The predicted octanol–water partition coefficient (Wildman–Crippen LogP) is 1.68. The van der Waals surface area contributed by atoms with E-state index in [0.29, 0.717) is 6.04 Å². The van der Waals surface area contributed by atoms with Crippen LogP contribution in [0.1, 0.15) is 39.5 Å². The zero-order valence-electron chi connectivity index (χ0n) is 12.9. The first-order chi connectivity index (χ1) is 10.0. The molecule has 0 saturated carbocycles. The van der Waals surface area contributed by atoms with E-state index in [1.807, 2.05) is 13.8 Å². The molecule has 2 amide bonds. The largest absolute Gasteiger partial charge is 0.317 e. The molecule has 3 heterocycles. The van der Waals surface area contributed by atoms with E-state index in [1.165, 1.54) is 16.7 Å². The normalized spacial score (nSPS) is 32.6. The second-order valence-electron chi connectivity index (χ2n) is 6.69. The Kier molecular flexibility index (Phi) is 4.30. The fourth-order valence-electron chi connectivity index (χ4n) is 3.80. The van der Waals surface area contributed by atoms with Crippen LogP contribution in [0.5, 0.6) is 0 Å². The molecule has 0 radical (unpaired) electrons. The van der Waals surface area contributed by atoms with Crippen molar-refractivity contribution in [1.82, 2.24) is 15.1 Å². The SMILES string of the molecule is CC(C)N1C(=O)SC2(CCCN(C3CCNCC3)C2)C1=O. The van der Waals surface area contributed by atoms with Crippen molar-refractivity contribution in [3.63, 3.8) is 0 Å². The van der Waals surface area contributed by atoms with Gasteiger partial charge in [0.05, 0.1) is 0 Å². The number of amides is 2. The van der Waals surface area contributed by atoms with Gasteiger partial charge in [0.1, 0.15) is 4.75 Å². The van der Waals surface area contributed by atoms with Crippen molar-refractivity contribution in [2.45, 2.75) is 56.4 Å². The van der Waals surface area contributed by atoms with Gasteiger partial charge < -0.3 is 5.32 Å². The number of hydrogen-bond acceptors (Lipinski definition) is 5. The topological polar surface area (TPSA) is 52.7 Å². The van der Waals surface area contributed by atoms with Crippen LogP contribution in [-0.4, -0.2) is 64.0 Å². The lowest BCUT2D eigenvalue weighted by Gasteiger charge is -2.43. The Labute approximate surface area is 130 Å². The van der Waals surface area contributed by atoms with E-state index in [9.17, 15) is 9.59 Å². The summed E-state index contributed by atoms with van der Waals surface area (Å²) in [5.74, 6) is 0.0473. The fourth-order valence-corrected chi connectivity index (χ4v) is 5.19. The van der Waals surface area contributed by atoms with E-state index >= 15 is 0 Å². The molecule has 0 aromatic rings. The molecule has 21 heavy (non-hydrogen) atoms. The molecule has 3 saturated heterocycles. The molecule has 0 aromatic heterocycles. The smallest absolute Gasteiger partial charge is 0.289 e. The number of thioether (sulfide) groups is 1. The maximum atomic E-state index is 12.8. The van der Waals surface area contributed by atoms with Gasteiger partial charge >= 0.3 is 0 Å². The number of likely N-dealkylation sites (tertiary alicyclic amines) is 1. The van der Waals surface area contributed by atoms with Gasteiger partial charge in [-0.1, -0.05) is 0 Å². The van der Waals surface area contributed by atoms with E-state index in [1.54, 1.807) is 0 Å². The van der Waals surface area contributed by atoms with Crippen molar-refractivity contribution in [2.75, 3.05) is 26.2 Å². The maximum absolute atomic E-state index is 12.8. The van der Waals surface area contributed by atoms with Crippen LogP contribution in [0.25, 0.3) is 0 Å². The Morgan fingerprint density at radius 1 is 1.29 bits per heavy atom. The summed E-state index contributed by atoms with van der Waals surface area (Å²) < 4.78 is -0.509. The molecule has 0 aromatic carbocycles. The Hall–Kier alpha value is -0.590. The zero-order valence-corrected chi connectivity index (χ0v) is 13.7. The van der Waals surface area contributed by atoms with Crippen LogP contribution in [0.2, 0.25) is 0 Å². The number of carbonyl (C=O) groups is 2. The van der Waals surface area contributed by atoms with Crippen LogP contribution in [0.15, 0.2) is 0 Å². The highest BCUT2D eigenvalue weighted by atomic mass is 32.2. The number of piperidine rings is 2. The standard InChI is InChI=1S/C15H25N3O2S/c1-11(2)18-13(19)15(21-14(18)20)6-3-9-17(10-15)12-4-7-16-8-5-12/h11-12,16H,3-10H2,1-2H3. The third kappa shape index (κ3) is 2.73. The number of imide groups is 1. The molecule has 1 atom stereocenters. The van der Waals surface area contributed by atoms with Crippen molar-refractivity contribution in [3.8, 4) is 0 Å². The minimum absolute atomic E-state index is 0.0360. The lowest BCUT2D eigenvalue weighted by Crippen LogP contribution is -2.56. The second kappa shape index (κ2) is 5.89. The summed E-state index contributed by atoms with van der Waals surface area (Å²) in [6.45, 7) is 7.77. The molecule has 118 valence electrons. The summed E-state index contributed by atoms with van der Waals surface area (Å²) in [6, 6.07) is 0.533. The van der Waals surface area contributed by atoms with Gasteiger partial charge in [-0.05, 0) is 70.9 Å². The Bertz CT molecular complexity index is 437. The molecule has 3 rings (SSSR count). The van der Waals surface area contributed by atoms with Crippen LogP contribution < -0.4 is 5.32 Å². The van der Waals surface area contributed by atoms with Crippen LogP contribution >= 0.6 is 11.8 Å². The summed E-state index contributed by atoms with van der Waals surface area (Å²) in [5.41, 5.74) is 0. The minimum atomic E-state index is -0.509. The summed E-state index contributed by atoms with van der Waals surface area (Å²) in [7, 11) is 0. The summed E-state index contributed by atoms with van der Waals surface area (Å²) in [6.07, 6.45) is 4.16. The van der Waals surface area contributed by atoms with Gasteiger partial charge in [-0.3, -0.25) is 19.4 Å². The Balaban J connectivity index is 1.75. The Morgan fingerprint density at radius 3 is 2.62 bits per heavy atom. The third-order valence-corrected chi connectivity index (χ3v) is 6.18. The van der Waals surface area contributed by atoms with Crippen molar-refractivity contribution in [3.05, 3.63) is 0 Å². The van der Waals surface area contributed by atoms with Gasteiger partial charge in [-0.2, -0.15) is 0 Å². The van der Waals surface area contributed by atoms with E-state index in [0.717, 1.165) is 51.9 Å². The van der Waals surface area contributed by atoms with Gasteiger partial charge in [0.15, 0.2) is 0 Å². The molecule has 1 unspecified atom stereocenters. The van der Waals surface area contributed by atoms with Crippen molar-refractivity contribution in [2.24, 2.45) is 0 Å². The molecular formula is C15H25N3O2S. The first-order valence-electron chi connectivity index (χ1n) is 8.05. The molecule has 1 N–H and O–H groups in total. The zero-order chi connectivity index (χ0) is 15.0. The first-order valence-corrected chi connectivity index (χ1v) is 8.86. The summed E-state index contributed by atoms with van der Waals surface area (Å²) >= 11 is 1.28. The van der Waals surface area contributed by atoms with Crippen molar-refractivity contribution in [1.29, 1.82) is 0 Å². The van der Waals surface area contributed by atoms with Gasteiger partial charge in [-0.25, -0.2) is 0 Å². The van der Waals surface area contributed by atoms with Crippen LogP contribution in [0.4, 0.5) is 4.79 Å². The molecule has 0 bridgehead atoms. The molecule has 3 aliphatic heterocycles. The average molecular weight is 311 g/mol. The molecule has 3 fully saturated rings. The van der Waals surface area contributed by atoms with Crippen LogP contribution in [0.3, 0.4) is 0 Å². The van der Waals surface area contributed by atoms with Gasteiger partial charge in [0.2, 0.25) is 5.91 Å². The lowest BCUT2D eigenvalue weighted by atomic mass is 9.92. The molecule has 5 nitrogen and oxygen atoms in total. The lowest BCUT2D eigenvalue weighted by molar-refractivity contribution is -0.132. The van der Waals surface area contributed by atoms with Gasteiger partial charge in [-0.15, -0.1) is 0 Å². The Morgan fingerprint density at radius 2 is 2.00 bits per heavy atom. The highest BCUT2D eigenvalue weighted by Crippen LogP contribution is 2.45. The van der Waals surface area contributed by atoms with E-state index < -0.39 is 4.75 Å². The minimum Gasteiger partial charge on any atom is -0.317 e. The van der Waals surface area contributed by atoms with E-state index in [2.05, 4.69) is 10.2 Å². The molecule has 1 spiro atoms. The number of carbonyl (C=O) groups excluding carboxylic acids is 2. The monoisotopic (exact) mass is 311 g/mol. The van der Waals surface area contributed by atoms with Crippen molar-refractivity contribution >= 4 is 22.9 Å². The fraction of sp³-hybridized carbons (Fsp3) is 0.867. The highest BCUT2D eigenvalue weighted by molar-refractivity contribution is 8.16. The number of nitrogens with zero attached hydrogens (tertiary/aromatic N) is 2. The molecule has 0 aliphatic carbocycles. The highest BCUT2D eigenvalue weighted by Gasteiger charge is 2.55. The van der Waals surface area contributed by atoms with Crippen LogP contribution in [-0.2, 0) is 4.79 Å². The maximum Gasteiger partial charge on any atom is 0.289 e. The molecular weight excluding hydrogens is 286 g/mol. The van der Waals surface area contributed by atoms with Crippen LogP contribution in [0, 0.1) is 0 Å². The molecule has 3 aliphatic rings. The van der Waals surface area contributed by atoms with E-state index in [4.69, 9.17) is 0 Å². The number of hydrogen-bond donors (Lipinski definition) is 1. The summed E-state index contributed by atoms with van der Waals surface area (Å²) in [5, 5.41) is 3.34. The number of rotatable bonds is 2. The molecule has 6 heteroatoms. The van der Waals surface area contributed by atoms with Gasteiger partial charge in [0.25, 0.3) is 5.24 Å². The quantitative estimate of drug-likeness (QED) is 0.841. The van der Waals surface area contributed by atoms with E-state index in [-0.39, 0.29) is 17.2 Å². The first kappa shape index (κ1) is 15.3. The van der Waals surface area contributed by atoms with Crippen molar-refractivity contribution < 1.29 is 9.59 Å². The second-order valence-corrected chi connectivity index (χ2v) is 8.02. The third-order valence-electron chi connectivity index (χ3n) is 4.91. The average Bonchev–Trinajstić information content (AvgIpc) is 2.70. The number of nitrogens with one attached hydrogen (secondary N) is 1.